The zero-order valence-corrected chi connectivity index (χ0v) is 26.8. The molecule has 0 saturated heterocycles. The zero-order chi connectivity index (χ0) is 30.4. The van der Waals surface area contributed by atoms with Crippen LogP contribution in [0.3, 0.4) is 0 Å². The van der Waals surface area contributed by atoms with Crippen LogP contribution in [0, 0.1) is 0 Å². The van der Waals surface area contributed by atoms with Crippen molar-refractivity contribution in [2.75, 3.05) is 4.90 Å². The molecule has 3 aromatic carbocycles. The molecule has 3 rings (SSSR count). The predicted molar refractivity (Wildman–Crippen MR) is 169 cm³/mol. The molecule has 0 spiro atoms. The lowest BCUT2D eigenvalue weighted by molar-refractivity contribution is 0.422. The number of phenols is 3. The number of phenolic OH excluding ortho intramolecular Hbond substituents is 3. The van der Waals surface area contributed by atoms with E-state index >= 15 is 0 Å². The highest BCUT2D eigenvalue weighted by atomic mass is 16.3. The van der Waals surface area contributed by atoms with E-state index < -0.39 is 0 Å². The Morgan fingerprint density at radius 2 is 0.750 bits per heavy atom. The van der Waals surface area contributed by atoms with Crippen LogP contribution in [0.5, 0.6) is 17.2 Å². The van der Waals surface area contributed by atoms with Gasteiger partial charge < -0.3 is 20.2 Å². The molecule has 0 amide bonds. The molecular weight excluding hydrogens is 494 g/mol. The van der Waals surface area contributed by atoms with Gasteiger partial charge in [-0.1, -0.05) is 83.1 Å². The average Bonchev–Trinajstić information content (AvgIpc) is 2.78. The maximum Gasteiger partial charge on any atom is 0.123 e. The number of nitrogens with zero attached hydrogens (tertiary/aromatic N) is 1. The Morgan fingerprint density at radius 1 is 0.475 bits per heavy atom. The molecule has 0 aliphatic rings. The van der Waals surface area contributed by atoms with Crippen LogP contribution in [-0.4, -0.2) is 15.3 Å². The molecule has 3 aromatic rings. The van der Waals surface area contributed by atoms with E-state index in [1.165, 1.54) is 0 Å². The quantitative estimate of drug-likeness (QED) is 0.299. The maximum atomic E-state index is 11.3. The lowest BCUT2D eigenvalue weighted by atomic mass is 9.78. The molecule has 0 fully saturated rings. The van der Waals surface area contributed by atoms with Crippen molar-refractivity contribution in [2.24, 2.45) is 0 Å². The van der Waals surface area contributed by atoms with Gasteiger partial charge in [0.25, 0.3) is 0 Å². The second-order valence-electron chi connectivity index (χ2n) is 15.5. The third-order valence-corrected chi connectivity index (χ3v) is 7.53. The van der Waals surface area contributed by atoms with E-state index in [2.05, 4.69) is 112 Å². The van der Waals surface area contributed by atoms with Crippen LogP contribution in [-0.2, 0) is 34.7 Å². The van der Waals surface area contributed by atoms with E-state index in [9.17, 15) is 15.3 Å². The lowest BCUT2D eigenvalue weighted by Crippen LogP contribution is -2.25. The number of aromatic hydroxyl groups is 3. The monoisotopic (exact) mass is 545 g/mol. The SMILES string of the molecule is CC(C)(C)c1cc(CN(Cc2cc(C(C)(C)C)c(O)c(C(C)(C)C)c2)c2ccc(O)cc2)cc(C(C)(C)C)c1O. The highest BCUT2D eigenvalue weighted by Gasteiger charge is 2.29. The minimum atomic E-state index is -0.219. The third kappa shape index (κ3) is 7.13. The van der Waals surface area contributed by atoms with E-state index in [1.54, 1.807) is 12.1 Å². The fourth-order valence-corrected chi connectivity index (χ4v) is 5.20. The first-order chi connectivity index (χ1) is 18.1. The Kier molecular flexibility index (Phi) is 8.39. The fraction of sp³-hybridized carbons (Fsp3) is 0.500. The standard InChI is InChI=1S/C36H51NO3/c1-33(2,3)27-17-23(18-28(31(27)39)34(4,5)6)21-37(25-13-15-26(38)16-14-25)22-24-19-29(35(7,8)9)32(40)30(20-24)36(10,11)12/h13-20,38-40H,21-22H2,1-12H3. The van der Waals surface area contributed by atoms with Crippen LogP contribution in [0.4, 0.5) is 5.69 Å². The first-order valence-electron chi connectivity index (χ1n) is 14.4. The minimum Gasteiger partial charge on any atom is -0.508 e. The summed E-state index contributed by atoms with van der Waals surface area (Å²) in [5, 5.41) is 32.6. The van der Waals surface area contributed by atoms with Gasteiger partial charge in [-0.2, -0.15) is 0 Å². The molecule has 0 aliphatic heterocycles. The van der Waals surface area contributed by atoms with E-state index in [-0.39, 0.29) is 27.4 Å². The van der Waals surface area contributed by atoms with Gasteiger partial charge in [0.05, 0.1) is 0 Å². The highest BCUT2D eigenvalue weighted by molar-refractivity contribution is 5.55. The largest absolute Gasteiger partial charge is 0.508 e. The molecule has 0 aliphatic carbocycles. The molecule has 0 saturated carbocycles. The number of anilines is 1. The van der Waals surface area contributed by atoms with Crippen LogP contribution in [0.25, 0.3) is 0 Å². The molecule has 0 atom stereocenters. The molecular formula is C36H51NO3. The van der Waals surface area contributed by atoms with Crippen molar-refractivity contribution in [2.45, 2.75) is 118 Å². The Labute approximate surface area is 242 Å². The smallest absolute Gasteiger partial charge is 0.123 e. The summed E-state index contributed by atoms with van der Waals surface area (Å²) >= 11 is 0. The van der Waals surface area contributed by atoms with Crippen LogP contribution in [0.15, 0.2) is 48.5 Å². The molecule has 0 heterocycles. The summed E-state index contributed by atoms with van der Waals surface area (Å²) in [4.78, 5) is 2.30. The first-order valence-corrected chi connectivity index (χ1v) is 14.4. The summed E-state index contributed by atoms with van der Waals surface area (Å²) in [6, 6.07) is 15.9. The Morgan fingerprint density at radius 3 is 1.00 bits per heavy atom. The number of rotatable bonds is 5. The van der Waals surface area contributed by atoms with Crippen molar-refractivity contribution in [3.8, 4) is 17.2 Å². The summed E-state index contributed by atoms with van der Waals surface area (Å²) in [5.41, 5.74) is 6.11. The van der Waals surface area contributed by atoms with Crippen LogP contribution in [0.1, 0.15) is 116 Å². The summed E-state index contributed by atoms with van der Waals surface area (Å²) in [5.74, 6) is 0.985. The van der Waals surface area contributed by atoms with Crippen molar-refractivity contribution in [3.63, 3.8) is 0 Å². The van der Waals surface area contributed by atoms with Crippen molar-refractivity contribution in [1.82, 2.24) is 0 Å². The fourth-order valence-electron chi connectivity index (χ4n) is 5.20. The molecule has 0 radical (unpaired) electrons. The van der Waals surface area contributed by atoms with Crippen LogP contribution in [0.2, 0.25) is 0 Å². The highest BCUT2D eigenvalue weighted by Crippen LogP contribution is 2.42. The Hall–Kier alpha value is -3.14. The molecule has 0 bridgehead atoms. The molecule has 4 heteroatoms. The first kappa shape index (κ1) is 31.4. The predicted octanol–water partition coefficient (Wildman–Crippen LogP) is 9.20. The van der Waals surface area contributed by atoms with Gasteiger partial charge in [0, 0.05) is 18.8 Å². The third-order valence-electron chi connectivity index (χ3n) is 7.53. The maximum absolute atomic E-state index is 11.3. The van der Waals surface area contributed by atoms with Crippen LogP contribution < -0.4 is 4.90 Å². The van der Waals surface area contributed by atoms with Gasteiger partial charge >= 0.3 is 0 Å². The summed E-state index contributed by atoms with van der Waals surface area (Å²) < 4.78 is 0. The lowest BCUT2D eigenvalue weighted by Gasteiger charge is -2.32. The average molecular weight is 546 g/mol. The summed E-state index contributed by atoms with van der Waals surface area (Å²) in [6.07, 6.45) is 0. The molecule has 0 unspecified atom stereocenters. The van der Waals surface area contributed by atoms with Gasteiger partial charge in [-0.3, -0.25) is 0 Å². The van der Waals surface area contributed by atoms with Gasteiger partial charge in [0.15, 0.2) is 0 Å². The van der Waals surface area contributed by atoms with Gasteiger partial charge in [0.2, 0.25) is 0 Å². The van der Waals surface area contributed by atoms with Crippen molar-refractivity contribution in [3.05, 3.63) is 81.9 Å². The second-order valence-corrected chi connectivity index (χ2v) is 15.5. The summed E-state index contributed by atoms with van der Waals surface area (Å²) in [6.45, 7) is 26.8. The topological polar surface area (TPSA) is 63.9 Å². The van der Waals surface area contributed by atoms with Crippen LogP contribution >= 0.6 is 0 Å². The van der Waals surface area contributed by atoms with E-state index in [1.807, 2.05) is 12.1 Å². The number of hydrogen-bond acceptors (Lipinski definition) is 4. The van der Waals surface area contributed by atoms with Crippen molar-refractivity contribution >= 4 is 5.69 Å². The van der Waals surface area contributed by atoms with Gasteiger partial charge in [-0.15, -0.1) is 0 Å². The molecule has 218 valence electrons. The Bertz CT molecular complexity index is 1190. The van der Waals surface area contributed by atoms with Gasteiger partial charge in [-0.25, -0.2) is 0 Å². The van der Waals surface area contributed by atoms with Crippen molar-refractivity contribution in [1.29, 1.82) is 0 Å². The normalized spacial score (nSPS) is 13.0. The summed E-state index contributed by atoms with van der Waals surface area (Å²) in [7, 11) is 0. The Balaban J connectivity index is 2.20. The molecule has 3 N–H and O–H groups in total. The van der Waals surface area contributed by atoms with E-state index in [4.69, 9.17) is 0 Å². The van der Waals surface area contributed by atoms with Gasteiger partial charge in [-0.05, 0) is 104 Å². The van der Waals surface area contributed by atoms with E-state index in [0.717, 1.165) is 39.1 Å². The second kappa shape index (κ2) is 10.7. The number of hydrogen-bond donors (Lipinski definition) is 3. The van der Waals surface area contributed by atoms with Gasteiger partial charge in [0.1, 0.15) is 17.2 Å². The molecule has 40 heavy (non-hydrogen) atoms. The van der Waals surface area contributed by atoms with Crippen molar-refractivity contribution < 1.29 is 15.3 Å². The minimum absolute atomic E-state index is 0.219. The van der Waals surface area contributed by atoms with E-state index in [0.29, 0.717) is 24.6 Å². The zero-order valence-electron chi connectivity index (χ0n) is 26.8. The molecule has 4 nitrogen and oxygen atoms in total. The number of benzene rings is 3. The molecule has 0 aromatic heterocycles.